The first-order valence-corrected chi connectivity index (χ1v) is 15.0. The maximum Gasteiger partial charge on any atom is 0.308 e. The Kier molecular flexibility index (Phi) is 7.40. The highest BCUT2D eigenvalue weighted by Crippen LogP contribution is 2.77. The van der Waals surface area contributed by atoms with E-state index in [1.165, 1.54) is 4.90 Å². The molecule has 5 atom stereocenters. The zero-order valence-electron chi connectivity index (χ0n) is 23.5. The minimum absolute atomic E-state index is 0.0969. The van der Waals surface area contributed by atoms with Crippen LogP contribution in [-0.2, 0) is 23.9 Å². The van der Waals surface area contributed by atoms with Crippen molar-refractivity contribution in [2.45, 2.75) is 57.7 Å². The molecule has 0 N–H and O–H groups in total. The second-order valence-electron chi connectivity index (χ2n) is 11.6. The summed E-state index contributed by atoms with van der Waals surface area (Å²) in [6, 6.07) is 19.5. The number of unbranched alkanes of at least 4 members (excludes halogenated alkanes) is 1. The van der Waals surface area contributed by atoms with Gasteiger partial charge in [0.1, 0.15) is 4.32 Å². The fraction of sp³-hybridized carbons (Fsp3) is 0.455. The third-order valence-corrected chi connectivity index (χ3v) is 10.8. The third kappa shape index (κ3) is 3.80. The molecule has 2 aromatic rings. The fourth-order valence-corrected chi connectivity index (χ4v) is 8.50. The normalized spacial score (nSPS) is 29.8. The highest BCUT2D eigenvalue weighted by atomic mass is 79.9. The van der Waals surface area contributed by atoms with E-state index in [0.717, 1.165) is 28.7 Å². The summed E-state index contributed by atoms with van der Waals surface area (Å²) >= 11 is 3.79. The zero-order valence-corrected chi connectivity index (χ0v) is 25.1. The maximum atomic E-state index is 14.4. The lowest BCUT2D eigenvalue weighted by atomic mass is 9.63. The zero-order chi connectivity index (χ0) is 28.9. The number of ether oxygens (including phenoxy) is 1. The predicted molar refractivity (Wildman–Crippen MR) is 157 cm³/mol. The average Bonchev–Trinajstić information content (AvgIpc) is 3.34. The molecule has 1 heterocycles. The van der Waals surface area contributed by atoms with Crippen molar-refractivity contribution in [1.29, 1.82) is 0 Å². The number of halogens is 1. The van der Waals surface area contributed by atoms with Crippen LogP contribution in [0.4, 0.5) is 0 Å². The monoisotopic (exact) mass is 605 g/mol. The van der Waals surface area contributed by atoms with Crippen LogP contribution in [0.2, 0.25) is 0 Å². The van der Waals surface area contributed by atoms with E-state index in [1.54, 1.807) is 0 Å². The standard InChI is InChI=1S/C33H36BrNO5/c1-5-20-40-28(37)21(2)14-12-13-19-35-27(36)26-31(3)24(22-15-8-6-9-16-22)25(23-17-10-7-11-18-23)32(4,29(31)38)33(26,34)30(35)39/h6-11,15-18,21,26H,5,12-14,19-20H2,1-4H3/t21-,26?,31?,32?,33?/m0/s1. The number of Topliss-reactive ketones (excluding diaryl/α,β-unsaturated/α-hetero) is 1. The Hall–Kier alpha value is -3.06. The number of ketones is 1. The number of rotatable bonds is 10. The molecule has 1 saturated heterocycles. The van der Waals surface area contributed by atoms with Crippen molar-refractivity contribution >= 4 is 50.6 Å². The number of fused-ring (bicyclic) bond motifs is 5. The van der Waals surface area contributed by atoms with Gasteiger partial charge in [0.25, 0.3) is 0 Å². The van der Waals surface area contributed by atoms with Gasteiger partial charge in [-0.2, -0.15) is 0 Å². The lowest BCUT2D eigenvalue weighted by Crippen LogP contribution is -2.50. The number of imide groups is 1. The summed E-state index contributed by atoms with van der Waals surface area (Å²) in [5.41, 5.74) is 0.984. The lowest BCUT2D eigenvalue weighted by molar-refractivity contribution is -0.148. The molecule has 210 valence electrons. The van der Waals surface area contributed by atoms with E-state index in [9.17, 15) is 19.2 Å². The molecule has 1 saturated carbocycles. The van der Waals surface area contributed by atoms with E-state index in [2.05, 4.69) is 15.9 Å². The number of alkyl halides is 1. The Labute approximate surface area is 244 Å². The number of hydrogen-bond acceptors (Lipinski definition) is 5. The van der Waals surface area contributed by atoms with Gasteiger partial charge in [-0.1, -0.05) is 96.9 Å². The van der Waals surface area contributed by atoms with Crippen LogP contribution in [-0.4, -0.2) is 45.9 Å². The molecule has 4 unspecified atom stereocenters. The Morgan fingerprint density at radius 1 is 0.950 bits per heavy atom. The minimum Gasteiger partial charge on any atom is -0.465 e. The Balaban J connectivity index is 1.48. The summed E-state index contributed by atoms with van der Waals surface area (Å²) in [4.78, 5) is 56.2. The van der Waals surface area contributed by atoms with Gasteiger partial charge in [-0.25, -0.2) is 0 Å². The lowest BCUT2D eigenvalue weighted by Gasteiger charge is -2.41. The molecule has 2 aliphatic carbocycles. The molecule has 3 aliphatic rings. The van der Waals surface area contributed by atoms with Gasteiger partial charge in [0.05, 0.1) is 29.3 Å². The van der Waals surface area contributed by atoms with Gasteiger partial charge in [0.15, 0.2) is 5.78 Å². The van der Waals surface area contributed by atoms with Gasteiger partial charge >= 0.3 is 5.97 Å². The molecular weight excluding hydrogens is 570 g/mol. The van der Waals surface area contributed by atoms with E-state index in [-0.39, 0.29) is 36.0 Å². The van der Waals surface area contributed by atoms with Gasteiger partial charge in [0.2, 0.25) is 11.8 Å². The summed E-state index contributed by atoms with van der Waals surface area (Å²) in [6.07, 6.45) is 2.65. The van der Waals surface area contributed by atoms with Crippen LogP contribution in [0.25, 0.3) is 11.1 Å². The van der Waals surface area contributed by atoms with E-state index >= 15 is 0 Å². The highest BCUT2D eigenvalue weighted by Gasteiger charge is 2.85. The number of amides is 2. The maximum absolute atomic E-state index is 14.4. The molecule has 1 aliphatic heterocycles. The molecule has 2 fully saturated rings. The molecule has 0 radical (unpaired) electrons. The third-order valence-electron chi connectivity index (χ3n) is 9.21. The summed E-state index contributed by atoms with van der Waals surface area (Å²) < 4.78 is 3.87. The molecule has 0 spiro atoms. The molecule has 40 heavy (non-hydrogen) atoms. The van der Waals surface area contributed by atoms with Gasteiger partial charge < -0.3 is 4.74 Å². The number of benzene rings is 2. The topological polar surface area (TPSA) is 80.8 Å². The van der Waals surface area contributed by atoms with E-state index < -0.39 is 21.1 Å². The van der Waals surface area contributed by atoms with Crippen molar-refractivity contribution in [3.05, 3.63) is 71.8 Å². The van der Waals surface area contributed by atoms with Crippen LogP contribution >= 0.6 is 15.9 Å². The van der Waals surface area contributed by atoms with Crippen molar-refractivity contribution in [2.24, 2.45) is 22.7 Å². The van der Waals surface area contributed by atoms with Gasteiger partial charge in [-0.05, 0) is 55.4 Å². The van der Waals surface area contributed by atoms with Crippen LogP contribution < -0.4 is 0 Å². The predicted octanol–water partition coefficient (Wildman–Crippen LogP) is 6.08. The molecule has 2 aromatic carbocycles. The van der Waals surface area contributed by atoms with E-state index in [0.29, 0.717) is 25.9 Å². The summed E-state index contributed by atoms with van der Waals surface area (Å²) in [7, 11) is 0. The largest absolute Gasteiger partial charge is 0.465 e. The molecule has 7 heteroatoms. The Morgan fingerprint density at radius 2 is 1.52 bits per heavy atom. The Morgan fingerprint density at radius 3 is 2.10 bits per heavy atom. The second-order valence-corrected chi connectivity index (χ2v) is 12.9. The van der Waals surface area contributed by atoms with E-state index in [1.807, 2.05) is 88.4 Å². The number of allylic oxidation sites excluding steroid dienone is 2. The van der Waals surface area contributed by atoms with Crippen LogP contribution in [0.15, 0.2) is 60.7 Å². The molecule has 2 bridgehead atoms. The molecule has 6 nitrogen and oxygen atoms in total. The van der Waals surface area contributed by atoms with Crippen molar-refractivity contribution in [1.82, 2.24) is 4.90 Å². The molecular formula is C33H36BrNO5. The van der Waals surface area contributed by atoms with Crippen LogP contribution in [0.1, 0.15) is 64.5 Å². The second kappa shape index (κ2) is 10.4. The first kappa shape index (κ1) is 28.5. The minimum atomic E-state index is -1.37. The Bertz CT molecular complexity index is 1390. The van der Waals surface area contributed by atoms with Gasteiger partial charge in [-0.15, -0.1) is 0 Å². The number of carbonyl (C=O) groups excluding carboxylic acids is 4. The number of esters is 1. The van der Waals surface area contributed by atoms with Gasteiger partial charge in [0, 0.05) is 6.54 Å². The quantitative estimate of drug-likeness (QED) is 0.142. The fourth-order valence-electron chi connectivity index (χ4n) is 7.25. The number of carbonyl (C=O) groups is 4. The summed E-state index contributed by atoms with van der Waals surface area (Å²) in [6.45, 7) is 8.14. The van der Waals surface area contributed by atoms with E-state index in [4.69, 9.17) is 4.74 Å². The highest BCUT2D eigenvalue weighted by molar-refractivity contribution is 9.10. The van der Waals surface area contributed by atoms with Crippen molar-refractivity contribution < 1.29 is 23.9 Å². The molecule has 0 aromatic heterocycles. The van der Waals surface area contributed by atoms with Crippen LogP contribution in [0.3, 0.4) is 0 Å². The summed E-state index contributed by atoms with van der Waals surface area (Å²) in [5, 5.41) is 0. The average molecular weight is 607 g/mol. The van der Waals surface area contributed by atoms with Crippen LogP contribution in [0.5, 0.6) is 0 Å². The van der Waals surface area contributed by atoms with Crippen molar-refractivity contribution in [2.75, 3.05) is 13.2 Å². The molecule has 5 rings (SSSR count). The SMILES string of the molecule is CCCOC(=O)[C@@H](C)CCCCN1C(=O)C2C3(C)C(=O)C(C)(C(c4ccccc4)=C3c3ccccc3)C2(Br)C1=O. The van der Waals surface area contributed by atoms with Crippen molar-refractivity contribution in [3.8, 4) is 0 Å². The first-order valence-electron chi connectivity index (χ1n) is 14.2. The first-order chi connectivity index (χ1) is 19.1. The van der Waals surface area contributed by atoms with Gasteiger partial charge in [-0.3, -0.25) is 24.1 Å². The van der Waals surface area contributed by atoms with Crippen LogP contribution in [0, 0.1) is 22.7 Å². The van der Waals surface area contributed by atoms with Crippen molar-refractivity contribution in [3.63, 3.8) is 0 Å². The molecule has 2 amide bonds. The number of likely N-dealkylation sites (tertiary alicyclic amines) is 1. The smallest absolute Gasteiger partial charge is 0.308 e. The summed E-state index contributed by atoms with van der Waals surface area (Å²) in [5.74, 6) is -2.06. The number of hydrogen-bond donors (Lipinski definition) is 0. The number of nitrogens with zero attached hydrogens (tertiary/aromatic N) is 1.